The molecule has 0 aromatic carbocycles. The first-order chi connectivity index (χ1) is 12.0. The second-order valence-corrected chi connectivity index (χ2v) is 7.28. The fourth-order valence-electron chi connectivity index (χ4n) is 3.72. The zero-order chi connectivity index (χ0) is 17.6. The van der Waals surface area contributed by atoms with E-state index in [1.807, 2.05) is 0 Å². The Morgan fingerprint density at radius 2 is 1.88 bits per heavy atom. The predicted octanol–water partition coefficient (Wildman–Crippen LogP) is 2.18. The number of hydrogen-bond acceptors (Lipinski definition) is 7. The molecule has 1 N–H and O–H groups in total. The number of rotatable bonds is 4. The van der Waals surface area contributed by atoms with Gasteiger partial charge in [-0.15, -0.1) is 0 Å². The SMILES string of the molecule is O=C1CCC(=O)N1C1CCC(Nc2nc3sccn3c2[N+](=O)[O-])CC1. The Hall–Kier alpha value is -2.49. The number of carbonyl (C=O) groups is 2. The molecule has 25 heavy (non-hydrogen) atoms. The lowest BCUT2D eigenvalue weighted by atomic mass is 9.90. The number of imidazole rings is 1. The summed E-state index contributed by atoms with van der Waals surface area (Å²) < 4.78 is 1.47. The van der Waals surface area contributed by atoms with Gasteiger partial charge in [-0.2, -0.15) is 9.38 Å². The number of thiazole rings is 1. The van der Waals surface area contributed by atoms with E-state index in [1.165, 1.54) is 20.6 Å². The number of carbonyl (C=O) groups excluding carboxylic acids is 2. The number of aromatic nitrogens is 2. The molecule has 2 amide bonds. The van der Waals surface area contributed by atoms with E-state index in [-0.39, 0.29) is 35.5 Å². The molecule has 2 aromatic rings. The fourth-order valence-corrected chi connectivity index (χ4v) is 4.43. The second kappa shape index (κ2) is 6.10. The number of nitro groups is 1. The molecular weight excluding hydrogens is 346 g/mol. The molecule has 1 aliphatic heterocycles. The van der Waals surface area contributed by atoms with E-state index in [9.17, 15) is 19.7 Å². The molecule has 1 saturated heterocycles. The Bertz CT molecular complexity index is 835. The molecule has 1 saturated carbocycles. The van der Waals surface area contributed by atoms with Crippen LogP contribution in [0.15, 0.2) is 11.6 Å². The molecular formula is C15H17N5O4S. The minimum atomic E-state index is -0.428. The Kier molecular flexibility index (Phi) is 3.91. The van der Waals surface area contributed by atoms with Gasteiger partial charge in [-0.05, 0) is 30.6 Å². The van der Waals surface area contributed by atoms with Crippen molar-refractivity contribution in [3.8, 4) is 0 Å². The van der Waals surface area contributed by atoms with Crippen LogP contribution in [0.4, 0.5) is 11.6 Å². The molecule has 4 rings (SSSR count). The molecule has 132 valence electrons. The Morgan fingerprint density at radius 1 is 1.20 bits per heavy atom. The van der Waals surface area contributed by atoms with Gasteiger partial charge in [0.2, 0.25) is 17.6 Å². The van der Waals surface area contributed by atoms with E-state index in [0.717, 1.165) is 12.8 Å². The maximum absolute atomic E-state index is 11.8. The number of anilines is 1. The first-order valence-corrected chi connectivity index (χ1v) is 9.14. The number of likely N-dealkylation sites (tertiary alicyclic amines) is 1. The first kappa shape index (κ1) is 16.0. The Balaban J connectivity index is 1.45. The molecule has 3 heterocycles. The summed E-state index contributed by atoms with van der Waals surface area (Å²) in [5, 5.41) is 16.3. The lowest BCUT2D eigenvalue weighted by Gasteiger charge is -2.33. The van der Waals surface area contributed by atoms with Gasteiger partial charge in [0.25, 0.3) is 4.96 Å². The first-order valence-electron chi connectivity index (χ1n) is 8.26. The highest BCUT2D eigenvalue weighted by Crippen LogP contribution is 2.32. The third kappa shape index (κ3) is 2.76. The van der Waals surface area contributed by atoms with E-state index >= 15 is 0 Å². The van der Waals surface area contributed by atoms with Crippen LogP contribution in [0, 0.1) is 10.1 Å². The van der Waals surface area contributed by atoms with Crippen molar-refractivity contribution in [3.05, 3.63) is 21.7 Å². The van der Waals surface area contributed by atoms with Crippen molar-refractivity contribution in [3.63, 3.8) is 0 Å². The Labute approximate surface area is 146 Å². The molecule has 2 fully saturated rings. The minimum absolute atomic E-state index is 0.0407. The predicted molar refractivity (Wildman–Crippen MR) is 90.5 cm³/mol. The number of nitrogens with one attached hydrogen (secondary N) is 1. The van der Waals surface area contributed by atoms with Crippen LogP contribution in [0.2, 0.25) is 0 Å². The van der Waals surface area contributed by atoms with Crippen molar-refractivity contribution >= 4 is 39.7 Å². The molecule has 1 aliphatic carbocycles. The topological polar surface area (TPSA) is 110 Å². The summed E-state index contributed by atoms with van der Waals surface area (Å²) in [5.74, 6) is 0.0784. The van der Waals surface area contributed by atoms with Crippen molar-refractivity contribution in [1.82, 2.24) is 14.3 Å². The fraction of sp³-hybridized carbons (Fsp3) is 0.533. The zero-order valence-electron chi connectivity index (χ0n) is 13.4. The van der Waals surface area contributed by atoms with Gasteiger partial charge >= 0.3 is 5.82 Å². The van der Waals surface area contributed by atoms with Crippen molar-refractivity contribution in [1.29, 1.82) is 0 Å². The van der Waals surface area contributed by atoms with Gasteiger partial charge in [-0.25, -0.2) is 0 Å². The lowest BCUT2D eigenvalue weighted by molar-refractivity contribution is -0.389. The molecule has 0 spiro atoms. The summed E-state index contributed by atoms with van der Waals surface area (Å²) in [5.41, 5.74) is 0. The van der Waals surface area contributed by atoms with Crippen molar-refractivity contribution in [2.24, 2.45) is 0 Å². The van der Waals surface area contributed by atoms with Crippen molar-refractivity contribution in [2.45, 2.75) is 50.6 Å². The number of imide groups is 1. The molecule has 0 bridgehead atoms. The Morgan fingerprint density at radius 3 is 2.52 bits per heavy atom. The highest BCUT2D eigenvalue weighted by atomic mass is 32.1. The molecule has 2 aliphatic rings. The van der Waals surface area contributed by atoms with Gasteiger partial charge in [0.05, 0.1) is 0 Å². The van der Waals surface area contributed by atoms with Crippen LogP contribution >= 0.6 is 11.3 Å². The molecule has 10 heteroatoms. The molecule has 0 unspecified atom stereocenters. The summed E-state index contributed by atoms with van der Waals surface area (Å²) in [7, 11) is 0. The minimum Gasteiger partial charge on any atom is -0.360 e. The summed E-state index contributed by atoms with van der Waals surface area (Å²) in [6.45, 7) is 0. The number of fused-ring (bicyclic) bond motifs is 1. The maximum Gasteiger partial charge on any atom is 0.372 e. The van der Waals surface area contributed by atoms with Crippen molar-refractivity contribution < 1.29 is 14.5 Å². The lowest BCUT2D eigenvalue weighted by Crippen LogP contribution is -2.43. The molecule has 9 nitrogen and oxygen atoms in total. The smallest absolute Gasteiger partial charge is 0.360 e. The highest BCUT2D eigenvalue weighted by Gasteiger charge is 2.37. The van der Waals surface area contributed by atoms with E-state index in [1.54, 1.807) is 11.6 Å². The highest BCUT2D eigenvalue weighted by molar-refractivity contribution is 7.15. The number of amides is 2. The normalized spacial score (nSPS) is 24.2. The summed E-state index contributed by atoms with van der Waals surface area (Å²) >= 11 is 1.35. The zero-order valence-corrected chi connectivity index (χ0v) is 14.2. The van der Waals surface area contributed by atoms with Crippen LogP contribution in [-0.2, 0) is 9.59 Å². The van der Waals surface area contributed by atoms with Gasteiger partial charge in [-0.1, -0.05) is 11.3 Å². The van der Waals surface area contributed by atoms with Crippen LogP contribution in [-0.4, -0.2) is 43.1 Å². The third-order valence-electron chi connectivity index (χ3n) is 4.90. The second-order valence-electron chi connectivity index (χ2n) is 6.40. The van der Waals surface area contributed by atoms with Crippen LogP contribution in [0.5, 0.6) is 0 Å². The quantitative estimate of drug-likeness (QED) is 0.506. The summed E-state index contributed by atoms with van der Waals surface area (Å²) in [4.78, 5) is 41.0. The van der Waals surface area contributed by atoms with Gasteiger partial charge in [0, 0.05) is 30.3 Å². The third-order valence-corrected chi connectivity index (χ3v) is 5.66. The van der Waals surface area contributed by atoms with Crippen LogP contribution in [0.1, 0.15) is 38.5 Å². The monoisotopic (exact) mass is 363 g/mol. The largest absolute Gasteiger partial charge is 0.372 e. The van der Waals surface area contributed by atoms with E-state index < -0.39 is 4.92 Å². The number of hydrogen-bond donors (Lipinski definition) is 1. The van der Waals surface area contributed by atoms with E-state index in [2.05, 4.69) is 10.3 Å². The average Bonchev–Trinajstić information content (AvgIpc) is 3.23. The van der Waals surface area contributed by atoms with Gasteiger partial charge in [-0.3, -0.25) is 14.5 Å². The van der Waals surface area contributed by atoms with Gasteiger partial charge in [0.15, 0.2) is 0 Å². The molecule has 0 atom stereocenters. The van der Waals surface area contributed by atoms with Crippen molar-refractivity contribution in [2.75, 3.05) is 5.32 Å². The molecule has 0 radical (unpaired) electrons. The van der Waals surface area contributed by atoms with Crippen LogP contribution in [0.3, 0.4) is 0 Å². The molecule has 2 aromatic heterocycles. The van der Waals surface area contributed by atoms with Gasteiger partial charge < -0.3 is 15.4 Å². The summed E-state index contributed by atoms with van der Waals surface area (Å²) in [6.07, 6.45) is 5.17. The van der Waals surface area contributed by atoms with Crippen LogP contribution < -0.4 is 5.32 Å². The number of nitrogens with zero attached hydrogens (tertiary/aromatic N) is 4. The average molecular weight is 363 g/mol. The van der Waals surface area contributed by atoms with Crippen LogP contribution in [0.25, 0.3) is 4.96 Å². The van der Waals surface area contributed by atoms with Gasteiger partial charge in [0.1, 0.15) is 6.20 Å². The van der Waals surface area contributed by atoms with E-state index in [0.29, 0.717) is 30.6 Å². The van der Waals surface area contributed by atoms with E-state index in [4.69, 9.17) is 0 Å². The standard InChI is InChI=1S/C15H17N5O4S/c21-11-5-6-12(22)19(11)10-3-1-9(2-4-10)16-13-14(20(23)24)18-7-8-25-15(18)17-13/h7-10,16H,1-6H2. The summed E-state index contributed by atoms with van der Waals surface area (Å²) in [6, 6.07) is 0.00777. The maximum atomic E-state index is 11.8.